The largest absolute Gasteiger partial charge is 0.424 e. The van der Waals surface area contributed by atoms with E-state index >= 15 is 0 Å². The van der Waals surface area contributed by atoms with Crippen LogP contribution >= 0.6 is 34.9 Å². The van der Waals surface area contributed by atoms with Crippen molar-refractivity contribution in [2.24, 2.45) is 0 Å². The lowest BCUT2D eigenvalue weighted by atomic mass is 10.3. The van der Waals surface area contributed by atoms with E-state index in [1.54, 1.807) is 18.7 Å². The maximum atomic E-state index is 12.4. The van der Waals surface area contributed by atoms with Crippen LogP contribution in [0.5, 0.6) is 0 Å². The molecule has 1 aliphatic heterocycles. The third-order valence-electron chi connectivity index (χ3n) is 3.72. The van der Waals surface area contributed by atoms with Crippen LogP contribution in [0, 0.1) is 18.3 Å². The Hall–Kier alpha value is -1.77. The third-order valence-corrected chi connectivity index (χ3v) is 6.77. The number of oxazole rings is 1. The Morgan fingerprint density at radius 2 is 1.96 bits per heavy atom. The molecule has 11 heteroatoms. The second-order valence-electron chi connectivity index (χ2n) is 5.42. The van der Waals surface area contributed by atoms with Crippen molar-refractivity contribution in [2.45, 2.75) is 22.5 Å². The van der Waals surface area contributed by atoms with Crippen LogP contribution in [0.25, 0.3) is 0 Å². The Bertz CT molecular complexity index is 807. The fourth-order valence-electron chi connectivity index (χ4n) is 2.51. The van der Waals surface area contributed by atoms with E-state index in [9.17, 15) is 4.79 Å². The highest BCUT2D eigenvalue weighted by Gasteiger charge is 2.25. The van der Waals surface area contributed by atoms with Gasteiger partial charge in [0.1, 0.15) is 6.07 Å². The van der Waals surface area contributed by atoms with Gasteiger partial charge in [0.05, 0.1) is 5.75 Å². The van der Waals surface area contributed by atoms with E-state index in [0.29, 0.717) is 49.4 Å². The van der Waals surface area contributed by atoms with E-state index in [1.807, 2.05) is 9.80 Å². The number of carbonyl (C=O) groups is 1. The number of nitriles is 1. The molecule has 0 saturated carbocycles. The number of amides is 1. The lowest BCUT2D eigenvalue weighted by Gasteiger charge is -2.34. The highest BCUT2D eigenvalue weighted by molar-refractivity contribution is 8.03. The van der Waals surface area contributed by atoms with Gasteiger partial charge >= 0.3 is 0 Å². The summed E-state index contributed by atoms with van der Waals surface area (Å²) in [6, 6.07) is 2.05. The Morgan fingerprint density at radius 1 is 1.27 bits per heavy atom. The van der Waals surface area contributed by atoms with E-state index in [-0.39, 0.29) is 5.91 Å². The molecule has 0 aliphatic carbocycles. The molecule has 1 saturated heterocycles. The van der Waals surface area contributed by atoms with Gasteiger partial charge in [0.2, 0.25) is 17.5 Å². The molecule has 8 nitrogen and oxygen atoms in total. The van der Waals surface area contributed by atoms with Gasteiger partial charge in [-0.3, -0.25) is 4.79 Å². The molecule has 0 atom stereocenters. The van der Waals surface area contributed by atoms with Crippen molar-refractivity contribution in [1.29, 1.82) is 5.26 Å². The van der Waals surface area contributed by atoms with Crippen molar-refractivity contribution < 1.29 is 9.21 Å². The number of aromatic nitrogens is 3. The maximum absolute atomic E-state index is 12.4. The summed E-state index contributed by atoms with van der Waals surface area (Å²) in [6.45, 7) is 6.22. The molecule has 1 aliphatic rings. The number of piperazine rings is 1. The quantitative estimate of drug-likeness (QED) is 0.664. The number of aryl methyl sites for hydroxylation is 1. The first-order valence-electron chi connectivity index (χ1n) is 8.10. The predicted molar refractivity (Wildman–Crippen MR) is 102 cm³/mol. The summed E-state index contributed by atoms with van der Waals surface area (Å²) >= 11 is 4.61. The molecule has 1 fully saturated rings. The van der Waals surface area contributed by atoms with Gasteiger partial charge in [-0.25, -0.2) is 4.98 Å². The van der Waals surface area contributed by atoms with E-state index in [4.69, 9.17) is 9.68 Å². The van der Waals surface area contributed by atoms with Crippen molar-refractivity contribution in [1.82, 2.24) is 20.1 Å². The molecule has 3 heterocycles. The highest BCUT2D eigenvalue weighted by Crippen LogP contribution is 2.29. The average Bonchev–Trinajstić information content (AvgIpc) is 3.26. The number of hydrogen-bond acceptors (Lipinski definition) is 10. The summed E-state index contributed by atoms with van der Waals surface area (Å²) in [7, 11) is 0. The van der Waals surface area contributed by atoms with Crippen molar-refractivity contribution in [3.8, 4) is 6.07 Å². The predicted octanol–water partition coefficient (Wildman–Crippen LogP) is 2.26. The zero-order chi connectivity index (χ0) is 18.5. The van der Waals surface area contributed by atoms with Crippen LogP contribution in [-0.4, -0.2) is 63.7 Å². The van der Waals surface area contributed by atoms with Gasteiger partial charge in [0.25, 0.3) is 0 Å². The number of anilines is 1. The third kappa shape index (κ3) is 4.49. The van der Waals surface area contributed by atoms with Gasteiger partial charge in [0, 0.05) is 33.1 Å². The fourth-order valence-corrected chi connectivity index (χ4v) is 5.33. The van der Waals surface area contributed by atoms with Gasteiger partial charge in [-0.15, -0.1) is 10.2 Å². The van der Waals surface area contributed by atoms with Crippen molar-refractivity contribution in [2.75, 3.05) is 42.6 Å². The molecule has 0 unspecified atom stereocenters. The molecular formula is C15H18N6O2S3. The van der Waals surface area contributed by atoms with E-state index in [1.165, 1.54) is 23.1 Å². The molecule has 0 spiro atoms. The molecule has 0 aromatic carbocycles. The topological polar surface area (TPSA) is 99.2 Å². The molecule has 0 radical (unpaired) electrons. The first-order valence-corrected chi connectivity index (χ1v) is 10.9. The Labute approximate surface area is 164 Å². The molecule has 1 amide bonds. The van der Waals surface area contributed by atoms with Crippen LogP contribution in [0.15, 0.2) is 13.1 Å². The molecule has 26 heavy (non-hydrogen) atoms. The monoisotopic (exact) mass is 410 g/mol. The van der Waals surface area contributed by atoms with Crippen LogP contribution < -0.4 is 4.90 Å². The standard InChI is InChI=1S/C15H18N6O2S3/c1-3-24-14-18-19-15(26-14)25-9-12(22)20-4-6-21(7-5-20)13-11(8-16)17-10(2)23-13/h3-7,9H2,1-2H3. The number of nitrogens with zero attached hydrogens (tertiary/aromatic N) is 6. The van der Waals surface area contributed by atoms with E-state index in [0.717, 1.165) is 14.4 Å². The normalized spacial score (nSPS) is 14.5. The van der Waals surface area contributed by atoms with Crippen molar-refractivity contribution in [3.05, 3.63) is 11.6 Å². The molecule has 0 bridgehead atoms. The van der Waals surface area contributed by atoms with Crippen molar-refractivity contribution >= 4 is 46.7 Å². The minimum absolute atomic E-state index is 0.0869. The smallest absolute Gasteiger partial charge is 0.234 e. The second-order valence-corrected chi connectivity index (χ2v) is 9.13. The average molecular weight is 411 g/mol. The summed E-state index contributed by atoms with van der Waals surface area (Å²) in [5.74, 6) is 2.38. The van der Waals surface area contributed by atoms with E-state index < -0.39 is 0 Å². The lowest BCUT2D eigenvalue weighted by molar-refractivity contribution is -0.128. The fraction of sp³-hybridized carbons (Fsp3) is 0.533. The zero-order valence-electron chi connectivity index (χ0n) is 14.5. The summed E-state index contributed by atoms with van der Waals surface area (Å²) in [4.78, 5) is 20.3. The highest BCUT2D eigenvalue weighted by atomic mass is 32.2. The minimum atomic E-state index is 0.0869. The lowest BCUT2D eigenvalue weighted by Crippen LogP contribution is -2.49. The van der Waals surface area contributed by atoms with Crippen molar-refractivity contribution in [3.63, 3.8) is 0 Å². The minimum Gasteiger partial charge on any atom is -0.424 e. The first-order chi connectivity index (χ1) is 12.6. The second kappa shape index (κ2) is 8.75. The summed E-state index contributed by atoms with van der Waals surface area (Å²) in [6.07, 6.45) is 0. The molecule has 138 valence electrons. The SMILES string of the molecule is CCSc1nnc(SCC(=O)N2CCN(c3oc(C)nc3C#N)CC2)s1. The van der Waals surface area contributed by atoms with Gasteiger partial charge in [0.15, 0.2) is 14.6 Å². The van der Waals surface area contributed by atoms with Gasteiger partial charge in [-0.1, -0.05) is 41.8 Å². The first kappa shape index (κ1) is 19.0. The van der Waals surface area contributed by atoms with Crippen LogP contribution in [-0.2, 0) is 4.79 Å². The zero-order valence-corrected chi connectivity index (χ0v) is 16.9. The van der Waals surface area contributed by atoms with Gasteiger partial charge in [-0.05, 0) is 5.75 Å². The van der Waals surface area contributed by atoms with Crippen LogP contribution in [0.3, 0.4) is 0 Å². The molecule has 2 aromatic rings. The Kier molecular flexibility index (Phi) is 6.39. The van der Waals surface area contributed by atoms with Gasteiger partial charge < -0.3 is 14.2 Å². The number of rotatable bonds is 6. The molecule has 0 N–H and O–H groups in total. The summed E-state index contributed by atoms with van der Waals surface area (Å²) in [5, 5.41) is 17.3. The number of hydrogen-bond donors (Lipinski definition) is 0. The number of thioether (sulfide) groups is 2. The maximum Gasteiger partial charge on any atom is 0.234 e. The summed E-state index contributed by atoms with van der Waals surface area (Å²) in [5.41, 5.74) is 0.301. The molecule has 3 rings (SSSR count). The van der Waals surface area contributed by atoms with Crippen LogP contribution in [0.1, 0.15) is 18.5 Å². The molecular weight excluding hydrogens is 392 g/mol. The Balaban J connectivity index is 1.49. The van der Waals surface area contributed by atoms with E-state index in [2.05, 4.69) is 28.2 Å². The van der Waals surface area contributed by atoms with Crippen LogP contribution in [0.4, 0.5) is 5.88 Å². The Morgan fingerprint density at radius 3 is 2.62 bits per heavy atom. The molecule has 2 aromatic heterocycles. The summed E-state index contributed by atoms with van der Waals surface area (Å²) < 4.78 is 7.30. The van der Waals surface area contributed by atoms with Crippen LogP contribution in [0.2, 0.25) is 0 Å². The van der Waals surface area contributed by atoms with Gasteiger partial charge in [-0.2, -0.15) is 5.26 Å². The number of carbonyl (C=O) groups excluding carboxylic acids is 1.